The first kappa shape index (κ1) is 16.5. The Kier molecular flexibility index (Phi) is 4.53. The highest BCUT2D eigenvalue weighted by molar-refractivity contribution is 5.92. The van der Waals surface area contributed by atoms with Gasteiger partial charge < -0.3 is 14.7 Å². The van der Waals surface area contributed by atoms with Gasteiger partial charge >= 0.3 is 0 Å². The Bertz CT molecular complexity index is 716. The van der Waals surface area contributed by atoms with Crippen molar-refractivity contribution in [2.75, 3.05) is 13.1 Å². The van der Waals surface area contributed by atoms with E-state index in [-0.39, 0.29) is 18.6 Å². The number of likely N-dealkylation sites (tertiary alicyclic amines) is 1. The Labute approximate surface area is 141 Å². The molecule has 2 atom stereocenters. The predicted octanol–water partition coefficient (Wildman–Crippen LogP) is 2.43. The van der Waals surface area contributed by atoms with E-state index in [1.807, 2.05) is 49.4 Å². The van der Waals surface area contributed by atoms with E-state index in [1.165, 1.54) is 0 Å². The quantitative estimate of drug-likeness (QED) is 0.941. The molecule has 1 saturated heterocycles. The summed E-state index contributed by atoms with van der Waals surface area (Å²) < 4.78 is 5.92. The number of carbonyl (C=O) groups excluding carboxylic acids is 1. The number of benzene rings is 1. The molecule has 1 amide bonds. The predicted molar refractivity (Wildman–Crippen MR) is 91.0 cm³/mol. The van der Waals surface area contributed by atoms with Gasteiger partial charge in [0.1, 0.15) is 23.1 Å². The topological polar surface area (TPSA) is 62.7 Å². The van der Waals surface area contributed by atoms with Crippen LogP contribution >= 0.6 is 0 Å². The molecule has 24 heavy (non-hydrogen) atoms. The van der Waals surface area contributed by atoms with Crippen molar-refractivity contribution in [3.63, 3.8) is 0 Å². The van der Waals surface area contributed by atoms with Gasteiger partial charge in [0.05, 0.1) is 6.54 Å². The van der Waals surface area contributed by atoms with Crippen molar-refractivity contribution in [1.29, 1.82) is 0 Å². The van der Waals surface area contributed by atoms with Crippen LogP contribution in [0.15, 0.2) is 48.5 Å². The number of amides is 1. The normalized spacial score (nSPS) is 23.8. The third-order valence-electron chi connectivity index (χ3n) is 4.28. The summed E-state index contributed by atoms with van der Waals surface area (Å²) in [6.45, 7) is 4.32. The summed E-state index contributed by atoms with van der Waals surface area (Å²) in [6.07, 6.45) is 0.217. The third-order valence-corrected chi connectivity index (χ3v) is 4.28. The zero-order valence-electron chi connectivity index (χ0n) is 14.0. The summed E-state index contributed by atoms with van der Waals surface area (Å²) >= 11 is 0. The molecular formula is C19H22N2O3. The highest BCUT2D eigenvalue weighted by atomic mass is 16.5. The summed E-state index contributed by atoms with van der Waals surface area (Å²) in [5.41, 5.74) is 0.0938. The van der Waals surface area contributed by atoms with Crippen LogP contribution in [0.3, 0.4) is 0 Å². The SMILES string of the molecule is Cc1cccc(C(=O)N2CC[C@H](Oc3ccccc3)[C@@](C)(O)C2)n1. The highest BCUT2D eigenvalue weighted by Crippen LogP contribution is 2.27. The third kappa shape index (κ3) is 3.57. The molecular weight excluding hydrogens is 304 g/mol. The molecule has 0 saturated carbocycles. The first-order chi connectivity index (χ1) is 11.5. The average Bonchev–Trinajstić information content (AvgIpc) is 2.57. The molecule has 0 radical (unpaired) electrons. The lowest BCUT2D eigenvalue weighted by molar-refractivity contribution is -0.0900. The number of piperidine rings is 1. The number of hydrogen-bond donors (Lipinski definition) is 1. The molecule has 1 aliphatic rings. The first-order valence-electron chi connectivity index (χ1n) is 8.13. The molecule has 3 rings (SSSR count). The van der Waals surface area contributed by atoms with Gasteiger partial charge in [0.2, 0.25) is 0 Å². The van der Waals surface area contributed by atoms with Crippen LogP contribution in [0, 0.1) is 6.92 Å². The second kappa shape index (κ2) is 6.61. The Hall–Kier alpha value is -2.40. The van der Waals surface area contributed by atoms with Crippen LogP contribution in [0.4, 0.5) is 0 Å². The number of nitrogens with zero attached hydrogens (tertiary/aromatic N) is 2. The molecule has 0 unspecified atom stereocenters. The van der Waals surface area contributed by atoms with Gasteiger partial charge in [-0.15, -0.1) is 0 Å². The summed E-state index contributed by atoms with van der Waals surface area (Å²) in [7, 11) is 0. The molecule has 2 aromatic rings. The molecule has 1 N–H and O–H groups in total. The molecule has 0 bridgehead atoms. The van der Waals surface area contributed by atoms with Gasteiger partial charge in [0, 0.05) is 18.7 Å². The lowest BCUT2D eigenvalue weighted by Crippen LogP contribution is -2.58. The van der Waals surface area contributed by atoms with Gasteiger partial charge in [-0.3, -0.25) is 4.79 Å². The molecule has 5 nitrogen and oxygen atoms in total. The minimum Gasteiger partial charge on any atom is -0.487 e. The van der Waals surface area contributed by atoms with Crippen molar-refractivity contribution in [2.24, 2.45) is 0 Å². The molecule has 1 aliphatic heterocycles. The van der Waals surface area contributed by atoms with Crippen LogP contribution in [0.1, 0.15) is 29.5 Å². The monoisotopic (exact) mass is 326 g/mol. The summed E-state index contributed by atoms with van der Waals surface area (Å²) in [5.74, 6) is 0.569. The minimum absolute atomic E-state index is 0.155. The smallest absolute Gasteiger partial charge is 0.272 e. The van der Waals surface area contributed by atoms with E-state index in [0.29, 0.717) is 18.7 Å². The lowest BCUT2D eigenvalue weighted by Gasteiger charge is -2.42. The van der Waals surface area contributed by atoms with Crippen LogP contribution in [-0.4, -0.2) is 45.7 Å². The Morgan fingerprint density at radius 2 is 2.00 bits per heavy atom. The van der Waals surface area contributed by atoms with Crippen molar-refractivity contribution in [3.05, 3.63) is 59.9 Å². The summed E-state index contributed by atoms with van der Waals surface area (Å²) in [5, 5.41) is 10.8. The second-order valence-corrected chi connectivity index (χ2v) is 6.46. The van der Waals surface area contributed by atoms with Gasteiger partial charge in [-0.05, 0) is 38.1 Å². The maximum atomic E-state index is 12.6. The van der Waals surface area contributed by atoms with Crippen molar-refractivity contribution < 1.29 is 14.6 Å². The van der Waals surface area contributed by atoms with Crippen molar-refractivity contribution in [1.82, 2.24) is 9.88 Å². The van der Waals surface area contributed by atoms with Crippen LogP contribution in [0.5, 0.6) is 5.75 Å². The maximum absolute atomic E-state index is 12.6. The highest BCUT2D eigenvalue weighted by Gasteiger charge is 2.41. The number of ether oxygens (including phenoxy) is 1. The van der Waals surface area contributed by atoms with Crippen LogP contribution in [0.2, 0.25) is 0 Å². The van der Waals surface area contributed by atoms with Gasteiger partial charge in [0.15, 0.2) is 0 Å². The van der Waals surface area contributed by atoms with Gasteiger partial charge in [-0.25, -0.2) is 4.98 Å². The zero-order chi connectivity index (χ0) is 17.2. The largest absolute Gasteiger partial charge is 0.487 e. The number of hydrogen-bond acceptors (Lipinski definition) is 4. The number of rotatable bonds is 3. The van der Waals surface area contributed by atoms with Crippen LogP contribution < -0.4 is 4.74 Å². The molecule has 1 fully saturated rings. The standard InChI is InChI=1S/C19H22N2O3/c1-14-7-6-10-16(20-14)18(22)21-12-11-17(19(2,23)13-21)24-15-8-4-3-5-9-15/h3-10,17,23H,11-13H2,1-2H3/t17-,19-/m0/s1. The second-order valence-electron chi connectivity index (χ2n) is 6.46. The fourth-order valence-electron chi connectivity index (χ4n) is 3.00. The number of aryl methyl sites for hydroxylation is 1. The van der Waals surface area contributed by atoms with E-state index in [2.05, 4.69) is 4.98 Å². The van der Waals surface area contributed by atoms with Crippen LogP contribution in [0.25, 0.3) is 0 Å². The van der Waals surface area contributed by atoms with E-state index in [9.17, 15) is 9.90 Å². The van der Waals surface area contributed by atoms with Crippen molar-refractivity contribution in [2.45, 2.75) is 32.0 Å². The molecule has 1 aromatic carbocycles. The van der Waals surface area contributed by atoms with E-state index in [1.54, 1.807) is 17.9 Å². The molecule has 0 spiro atoms. The maximum Gasteiger partial charge on any atom is 0.272 e. The van der Waals surface area contributed by atoms with Crippen LogP contribution in [-0.2, 0) is 0 Å². The molecule has 1 aromatic heterocycles. The van der Waals surface area contributed by atoms with E-state index in [0.717, 1.165) is 11.4 Å². The molecule has 126 valence electrons. The first-order valence-corrected chi connectivity index (χ1v) is 8.13. The fourth-order valence-corrected chi connectivity index (χ4v) is 3.00. The zero-order valence-corrected chi connectivity index (χ0v) is 14.0. The number of para-hydroxylation sites is 1. The Morgan fingerprint density at radius 3 is 2.67 bits per heavy atom. The minimum atomic E-state index is -1.12. The van der Waals surface area contributed by atoms with E-state index >= 15 is 0 Å². The number of carbonyl (C=O) groups is 1. The van der Waals surface area contributed by atoms with Gasteiger partial charge in [-0.2, -0.15) is 0 Å². The molecule has 0 aliphatic carbocycles. The Balaban J connectivity index is 1.70. The Morgan fingerprint density at radius 1 is 1.25 bits per heavy atom. The average molecular weight is 326 g/mol. The number of pyridine rings is 1. The number of β-amino-alcohol motifs (C(OH)–C–C–N with tert-alkyl or cyclic N) is 1. The fraction of sp³-hybridized carbons (Fsp3) is 0.368. The number of aromatic nitrogens is 1. The van der Waals surface area contributed by atoms with E-state index < -0.39 is 5.60 Å². The van der Waals surface area contributed by atoms with Crippen molar-refractivity contribution >= 4 is 5.91 Å². The van der Waals surface area contributed by atoms with Crippen molar-refractivity contribution in [3.8, 4) is 5.75 Å². The summed E-state index contributed by atoms with van der Waals surface area (Å²) in [6, 6.07) is 14.8. The number of aliphatic hydroxyl groups is 1. The van der Waals surface area contributed by atoms with Gasteiger partial charge in [0.25, 0.3) is 5.91 Å². The van der Waals surface area contributed by atoms with Gasteiger partial charge in [-0.1, -0.05) is 24.3 Å². The lowest BCUT2D eigenvalue weighted by atomic mass is 9.91. The summed E-state index contributed by atoms with van der Waals surface area (Å²) in [4.78, 5) is 18.5. The molecule has 2 heterocycles. The van der Waals surface area contributed by atoms with E-state index in [4.69, 9.17) is 4.74 Å². The molecule has 5 heteroatoms.